The van der Waals surface area contributed by atoms with Crippen molar-refractivity contribution in [2.75, 3.05) is 25.1 Å². The van der Waals surface area contributed by atoms with E-state index in [1.165, 1.54) is 4.68 Å². The van der Waals surface area contributed by atoms with Crippen LogP contribution >= 0.6 is 0 Å². The molecule has 1 saturated heterocycles. The number of hydrogen-bond acceptors (Lipinski definition) is 7. The van der Waals surface area contributed by atoms with E-state index in [1.807, 2.05) is 26.0 Å². The summed E-state index contributed by atoms with van der Waals surface area (Å²) in [7, 11) is 1.75. The van der Waals surface area contributed by atoms with Gasteiger partial charge in [0.05, 0.1) is 24.5 Å². The molecule has 0 aromatic carbocycles. The maximum Gasteiger partial charge on any atom is 0.269 e. The number of aryl methyl sites for hydroxylation is 2. The van der Waals surface area contributed by atoms with Crippen molar-refractivity contribution in [3.8, 4) is 11.3 Å². The molecule has 3 aromatic heterocycles. The van der Waals surface area contributed by atoms with Crippen LogP contribution in [0.2, 0.25) is 0 Å². The number of hydrogen-bond donors (Lipinski definition) is 0. The Kier molecular flexibility index (Phi) is 5.44. The van der Waals surface area contributed by atoms with E-state index < -0.39 is 0 Å². The van der Waals surface area contributed by atoms with Crippen LogP contribution in [0.3, 0.4) is 0 Å². The Balaban J connectivity index is 1.56. The number of aromatic nitrogens is 4. The predicted molar refractivity (Wildman–Crippen MR) is 109 cm³/mol. The van der Waals surface area contributed by atoms with E-state index in [1.54, 1.807) is 25.6 Å². The lowest BCUT2D eigenvalue weighted by Crippen LogP contribution is -2.37. The fourth-order valence-electron chi connectivity index (χ4n) is 3.63. The molecule has 0 saturated carbocycles. The summed E-state index contributed by atoms with van der Waals surface area (Å²) in [6, 6.07) is 5.53. The molecule has 0 unspecified atom stereocenters. The van der Waals surface area contributed by atoms with Gasteiger partial charge in [-0.3, -0.25) is 9.78 Å². The normalized spacial score (nSPS) is 15.1. The molecule has 0 amide bonds. The Labute approximate surface area is 169 Å². The minimum atomic E-state index is -0.148. The molecule has 0 aliphatic carbocycles. The molecule has 8 heteroatoms. The molecular formula is C21H25N5O3. The molecule has 0 radical (unpaired) electrons. The zero-order valence-electron chi connectivity index (χ0n) is 17.0. The molecular weight excluding hydrogens is 370 g/mol. The first-order valence-electron chi connectivity index (χ1n) is 9.78. The van der Waals surface area contributed by atoms with Crippen LogP contribution < -0.4 is 10.5 Å². The first-order chi connectivity index (χ1) is 14.0. The van der Waals surface area contributed by atoms with Gasteiger partial charge in [0.25, 0.3) is 5.56 Å². The molecule has 3 aromatic rings. The van der Waals surface area contributed by atoms with Gasteiger partial charge in [0.15, 0.2) is 0 Å². The lowest BCUT2D eigenvalue weighted by Gasteiger charge is -2.32. The van der Waals surface area contributed by atoms with Gasteiger partial charge in [-0.15, -0.1) is 0 Å². The van der Waals surface area contributed by atoms with Crippen LogP contribution in [0.5, 0.6) is 0 Å². The minimum absolute atomic E-state index is 0.148. The van der Waals surface area contributed by atoms with Gasteiger partial charge < -0.3 is 14.2 Å². The van der Waals surface area contributed by atoms with Crippen LogP contribution in [0.15, 0.2) is 39.9 Å². The van der Waals surface area contributed by atoms with Crippen molar-refractivity contribution in [2.45, 2.75) is 39.3 Å². The van der Waals surface area contributed by atoms with E-state index in [0.29, 0.717) is 24.1 Å². The zero-order chi connectivity index (χ0) is 20.4. The Morgan fingerprint density at radius 2 is 2.00 bits per heavy atom. The third-order valence-electron chi connectivity index (χ3n) is 5.47. The van der Waals surface area contributed by atoms with Crippen LogP contribution in [0.25, 0.3) is 11.3 Å². The molecule has 152 valence electrons. The molecule has 0 atom stereocenters. The van der Waals surface area contributed by atoms with Crippen LogP contribution in [0, 0.1) is 13.8 Å². The Bertz CT molecular complexity index is 1030. The van der Waals surface area contributed by atoms with Crippen molar-refractivity contribution in [1.82, 2.24) is 19.9 Å². The zero-order valence-corrected chi connectivity index (χ0v) is 17.0. The number of methoxy groups -OCH3 is 1. The number of pyridine rings is 1. The molecule has 1 aliphatic heterocycles. The molecule has 4 heterocycles. The van der Waals surface area contributed by atoms with E-state index in [0.717, 1.165) is 48.4 Å². The van der Waals surface area contributed by atoms with Crippen LogP contribution in [-0.4, -0.2) is 46.2 Å². The summed E-state index contributed by atoms with van der Waals surface area (Å²) in [6.07, 6.45) is 5.72. The molecule has 0 N–H and O–H groups in total. The monoisotopic (exact) mass is 395 g/mol. The van der Waals surface area contributed by atoms with Crippen molar-refractivity contribution >= 4 is 5.69 Å². The van der Waals surface area contributed by atoms with Gasteiger partial charge in [-0.1, -0.05) is 5.16 Å². The lowest BCUT2D eigenvalue weighted by atomic mass is 10.1. The number of rotatable bonds is 5. The first-order valence-corrected chi connectivity index (χ1v) is 9.78. The summed E-state index contributed by atoms with van der Waals surface area (Å²) >= 11 is 0. The second-order valence-corrected chi connectivity index (χ2v) is 7.39. The molecule has 0 spiro atoms. The van der Waals surface area contributed by atoms with Crippen molar-refractivity contribution in [3.05, 3.63) is 58.0 Å². The molecule has 8 nitrogen and oxygen atoms in total. The average Bonchev–Trinajstić information content (AvgIpc) is 3.10. The summed E-state index contributed by atoms with van der Waals surface area (Å²) in [5, 5.41) is 8.57. The molecule has 1 aliphatic rings. The Hall–Kier alpha value is -3.00. The summed E-state index contributed by atoms with van der Waals surface area (Å²) in [5.74, 6) is 0.667. The number of nitrogens with zero attached hydrogens (tertiary/aromatic N) is 5. The molecule has 4 rings (SSSR count). The largest absolute Gasteiger partial charge is 0.381 e. The topological polar surface area (TPSA) is 86.3 Å². The molecule has 1 fully saturated rings. The second kappa shape index (κ2) is 8.16. The maximum atomic E-state index is 12.7. The van der Waals surface area contributed by atoms with Crippen LogP contribution in [-0.2, 0) is 11.3 Å². The third kappa shape index (κ3) is 4.07. The van der Waals surface area contributed by atoms with Gasteiger partial charge in [-0.25, -0.2) is 4.68 Å². The van der Waals surface area contributed by atoms with E-state index >= 15 is 0 Å². The van der Waals surface area contributed by atoms with E-state index in [-0.39, 0.29) is 5.56 Å². The number of piperidine rings is 1. The lowest BCUT2D eigenvalue weighted by molar-refractivity contribution is 0.0819. The van der Waals surface area contributed by atoms with E-state index in [4.69, 9.17) is 9.26 Å². The predicted octanol–water partition coefficient (Wildman–Crippen LogP) is 2.57. The summed E-state index contributed by atoms with van der Waals surface area (Å²) in [6.45, 7) is 5.79. The van der Waals surface area contributed by atoms with E-state index in [2.05, 4.69) is 20.1 Å². The van der Waals surface area contributed by atoms with Crippen molar-refractivity contribution in [1.29, 1.82) is 0 Å². The highest BCUT2D eigenvalue weighted by Crippen LogP contribution is 2.25. The maximum absolute atomic E-state index is 12.7. The van der Waals surface area contributed by atoms with Crippen LogP contribution in [0.1, 0.15) is 29.9 Å². The van der Waals surface area contributed by atoms with Gasteiger partial charge in [0, 0.05) is 49.3 Å². The van der Waals surface area contributed by atoms with Gasteiger partial charge >= 0.3 is 0 Å². The SMILES string of the molecule is COC1CCN(c2cnn(Cc3c(-c4ccc(C)nc4)noc3C)c(=O)c2)CC1. The Morgan fingerprint density at radius 1 is 1.21 bits per heavy atom. The highest BCUT2D eigenvalue weighted by molar-refractivity contribution is 5.62. The quantitative estimate of drug-likeness (QED) is 0.656. The van der Waals surface area contributed by atoms with E-state index in [9.17, 15) is 4.79 Å². The smallest absolute Gasteiger partial charge is 0.269 e. The highest BCUT2D eigenvalue weighted by Gasteiger charge is 2.20. The number of ether oxygens (including phenoxy) is 1. The molecule has 29 heavy (non-hydrogen) atoms. The number of anilines is 1. The van der Waals surface area contributed by atoms with Gasteiger partial charge in [0.1, 0.15) is 11.5 Å². The van der Waals surface area contributed by atoms with Crippen LogP contribution in [0.4, 0.5) is 5.69 Å². The fourth-order valence-corrected chi connectivity index (χ4v) is 3.63. The third-order valence-corrected chi connectivity index (χ3v) is 5.47. The fraction of sp³-hybridized carbons (Fsp3) is 0.429. The summed E-state index contributed by atoms with van der Waals surface area (Å²) in [5.41, 5.74) is 4.01. The Morgan fingerprint density at radius 3 is 2.66 bits per heavy atom. The van der Waals surface area contributed by atoms with Crippen molar-refractivity contribution < 1.29 is 9.26 Å². The second-order valence-electron chi connectivity index (χ2n) is 7.39. The summed E-state index contributed by atoms with van der Waals surface area (Å²) in [4.78, 5) is 19.2. The standard InChI is InChI=1S/C21H25N5O3/c1-14-4-5-16(11-22-14)21-19(15(2)29-24-21)13-26-20(27)10-17(12-23-26)25-8-6-18(28-3)7-9-25/h4-5,10-12,18H,6-9,13H2,1-3H3. The highest BCUT2D eigenvalue weighted by atomic mass is 16.5. The summed E-state index contributed by atoms with van der Waals surface area (Å²) < 4.78 is 12.2. The minimum Gasteiger partial charge on any atom is -0.381 e. The average molecular weight is 395 g/mol. The molecule has 0 bridgehead atoms. The van der Waals surface area contributed by atoms with Gasteiger partial charge in [0.2, 0.25) is 0 Å². The first kappa shape index (κ1) is 19.3. The van der Waals surface area contributed by atoms with Crippen molar-refractivity contribution in [2.24, 2.45) is 0 Å². The van der Waals surface area contributed by atoms with Crippen molar-refractivity contribution in [3.63, 3.8) is 0 Å². The van der Waals surface area contributed by atoms with Gasteiger partial charge in [-0.2, -0.15) is 5.10 Å². The van der Waals surface area contributed by atoms with Gasteiger partial charge in [-0.05, 0) is 38.8 Å².